The van der Waals surface area contributed by atoms with E-state index in [1.165, 1.54) is 41.6 Å². The molecule has 0 amide bonds. The fourth-order valence-corrected chi connectivity index (χ4v) is 4.00. The number of hydrogen-bond acceptors (Lipinski definition) is 1. The summed E-state index contributed by atoms with van der Waals surface area (Å²) in [7, 11) is 0. The Balaban J connectivity index is 1.80. The lowest BCUT2D eigenvalue weighted by molar-refractivity contribution is 0.155. The molecule has 0 aliphatic heterocycles. The second-order valence-electron chi connectivity index (χ2n) is 6.14. The topological polar surface area (TPSA) is 25.2 Å². The normalized spacial score (nSPS) is 25.1. The van der Waals surface area contributed by atoms with E-state index in [2.05, 4.69) is 41.1 Å². The molecular formula is C18H21NO. The molecular weight excluding hydrogens is 246 g/mol. The second kappa shape index (κ2) is 4.78. The first-order chi connectivity index (χ1) is 9.84. The number of aryl methyl sites for hydroxylation is 1. The largest absolute Gasteiger partial charge is 0.388 e. The predicted octanol–water partition coefficient (Wildman–Crippen LogP) is 3.78. The van der Waals surface area contributed by atoms with E-state index in [9.17, 15) is 5.11 Å². The molecule has 0 fully saturated rings. The molecule has 104 valence electrons. The zero-order valence-electron chi connectivity index (χ0n) is 11.8. The molecule has 0 saturated carbocycles. The molecule has 4 rings (SSSR count). The third-order valence-corrected chi connectivity index (χ3v) is 4.98. The molecule has 2 aliphatic carbocycles. The maximum absolute atomic E-state index is 10.2. The van der Waals surface area contributed by atoms with Crippen LogP contribution in [-0.2, 0) is 12.8 Å². The number of rotatable bonds is 1. The van der Waals surface area contributed by atoms with Gasteiger partial charge in [-0.3, -0.25) is 0 Å². The average Bonchev–Trinajstić information content (AvgIpc) is 2.92. The number of fused-ring (bicyclic) bond motifs is 2. The summed E-state index contributed by atoms with van der Waals surface area (Å²) in [6, 6.07) is 11.5. The maximum Gasteiger partial charge on any atom is 0.0807 e. The van der Waals surface area contributed by atoms with Gasteiger partial charge in [-0.25, -0.2) is 0 Å². The van der Waals surface area contributed by atoms with E-state index in [4.69, 9.17) is 0 Å². The highest BCUT2D eigenvalue weighted by molar-refractivity contribution is 5.36. The Morgan fingerprint density at radius 3 is 2.75 bits per heavy atom. The maximum atomic E-state index is 10.2. The van der Waals surface area contributed by atoms with Crippen LogP contribution in [0.4, 0.5) is 0 Å². The molecule has 1 heterocycles. The molecule has 0 spiro atoms. The Labute approximate surface area is 120 Å². The SMILES string of the molecule is OC1CCCc2c1ccn2C1CCCc2ccccc21. The number of aromatic nitrogens is 1. The van der Waals surface area contributed by atoms with Crippen LogP contribution in [-0.4, -0.2) is 9.67 Å². The first kappa shape index (κ1) is 12.2. The summed E-state index contributed by atoms with van der Waals surface area (Å²) in [5.41, 5.74) is 5.52. The van der Waals surface area contributed by atoms with Crippen LogP contribution in [0.3, 0.4) is 0 Å². The quantitative estimate of drug-likeness (QED) is 0.835. The first-order valence-corrected chi connectivity index (χ1v) is 7.80. The van der Waals surface area contributed by atoms with Crippen LogP contribution in [0.1, 0.15) is 60.2 Å². The van der Waals surface area contributed by atoms with Gasteiger partial charge in [0.15, 0.2) is 0 Å². The highest BCUT2D eigenvalue weighted by Crippen LogP contribution is 2.38. The van der Waals surface area contributed by atoms with E-state index in [0.717, 1.165) is 19.3 Å². The standard InChI is InChI=1S/C18H21NO/c20-18-10-4-9-17-15(18)11-12-19(17)16-8-3-6-13-5-1-2-7-14(13)16/h1-2,5,7,11-12,16,18,20H,3-4,6,8-10H2. The van der Waals surface area contributed by atoms with Crippen LogP contribution in [0.25, 0.3) is 0 Å². The number of hydrogen-bond donors (Lipinski definition) is 1. The van der Waals surface area contributed by atoms with Crippen LogP contribution in [0.2, 0.25) is 0 Å². The van der Waals surface area contributed by atoms with Crippen LogP contribution in [0.15, 0.2) is 36.5 Å². The molecule has 2 unspecified atom stereocenters. The third-order valence-electron chi connectivity index (χ3n) is 4.98. The van der Waals surface area contributed by atoms with E-state index >= 15 is 0 Å². The molecule has 2 nitrogen and oxygen atoms in total. The van der Waals surface area contributed by atoms with Crippen molar-refractivity contribution in [1.29, 1.82) is 0 Å². The minimum atomic E-state index is -0.251. The summed E-state index contributed by atoms with van der Waals surface area (Å²) in [6.45, 7) is 0. The van der Waals surface area contributed by atoms with Gasteiger partial charge in [-0.2, -0.15) is 0 Å². The van der Waals surface area contributed by atoms with Crippen molar-refractivity contribution >= 4 is 0 Å². The van der Waals surface area contributed by atoms with Crippen molar-refractivity contribution in [2.45, 2.75) is 50.7 Å². The molecule has 1 aromatic heterocycles. The summed E-state index contributed by atoms with van der Waals surface area (Å²) in [5, 5.41) is 10.2. The zero-order chi connectivity index (χ0) is 13.5. The first-order valence-electron chi connectivity index (χ1n) is 7.80. The average molecular weight is 267 g/mol. The van der Waals surface area contributed by atoms with Gasteiger partial charge in [0, 0.05) is 17.5 Å². The second-order valence-corrected chi connectivity index (χ2v) is 6.14. The van der Waals surface area contributed by atoms with E-state index in [1.54, 1.807) is 0 Å². The summed E-state index contributed by atoms with van der Waals surface area (Å²) in [5.74, 6) is 0. The molecule has 2 atom stereocenters. The minimum Gasteiger partial charge on any atom is -0.388 e. The Kier molecular flexibility index (Phi) is 2.92. The van der Waals surface area contributed by atoms with Crippen LogP contribution in [0, 0.1) is 0 Å². The van der Waals surface area contributed by atoms with E-state index < -0.39 is 0 Å². The van der Waals surface area contributed by atoms with Crippen molar-refractivity contribution < 1.29 is 5.11 Å². The van der Waals surface area contributed by atoms with Crippen molar-refractivity contribution in [1.82, 2.24) is 4.57 Å². The van der Waals surface area contributed by atoms with Gasteiger partial charge in [-0.05, 0) is 55.7 Å². The highest BCUT2D eigenvalue weighted by Gasteiger charge is 2.27. The zero-order valence-corrected chi connectivity index (χ0v) is 11.8. The van der Waals surface area contributed by atoms with Crippen LogP contribution in [0.5, 0.6) is 0 Å². The molecule has 1 aromatic carbocycles. The Bertz CT molecular complexity index is 628. The van der Waals surface area contributed by atoms with Gasteiger partial charge in [0.1, 0.15) is 0 Å². The van der Waals surface area contributed by atoms with Crippen molar-refractivity contribution in [3.63, 3.8) is 0 Å². The summed E-state index contributed by atoms with van der Waals surface area (Å²) in [4.78, 5) is 0. The molecule has 2 heteroatoms. The molecule has 2 aliphatic rings. The van der Waals surface area contributed by atoms with Gasteiger partial charge in [0.2, 0.25) is 0 Å². The molecule has 0 radical (unpaired) electrons. The Hall–Kier alpha value is -1.54. The van der Waals surface area contributed by atoms with Crippen molar-refractivity contribution in [2.24, 2.45) is 0 Å². The molecule has 20 heavy (non-hydrogen) atoms. The molecule has 1 N–H and O–H groups in total. The lowest BCUT2D eigenvalue weighted by Crippen LogP contribution is -2.20. The van der Waals surface area contributed by atoms with Gasteiger partial charge >= 0.3 is 0 Å². The van der Waals surface area contributed by atoms with E-state index in [-0.39, 0.29) is 6.10 Å². The third kappa shape index (κ3) is 1.82. The van der Waals surface area contributed by atoms with Gasteiger partial charge in [-0.1, -0.05) is 24.3 Å². The predicted molar refractivity (Wildman–Crippen MR) is 79.8 cm³/mol. The van der Waals surface area contributed by atoms with Crippen molar-refractivity contribution in [3.8, 4) is 0 Å². The number of aliphatic hydroxyl groups is 1. The van der Waals surface area contributed by atoms with E-state index in [1.807, 2.05) is 0 Å². The fraction of sp³-hybridized carbons (Fsp3) is 0.444. The molecule has 0 saturated heterocycles. The Morgan fingerprint density at radius 2 is 1.80 bits per heavy atom. The van der Waals surface area contributed by atoms with Gasteiger partial charge in [-0.15, -0.1) is 0 Å². The molecule has 2 aromatic rings. The van der Waals surface area contributed by atoms with Crippen molar-refractivity contribution in [2.75, 3.05) is 0 Å². The summed E-state index contributed by atoms with van der Waals surface area (Å²) >= 11 is 0. The lowest BCUT2D eigenvalue weighted by atomic mass is 9.87. The van der Waals surface area contributed by atoms with Gasteiger partial charge in [0.25, 0.3) is 0 Å². The smallest absolute Gasteiger partial charge is 0.0807 e. The van der Waals surface area contributed by atoms with Crippen molar-refractivity contribution in [3.05, 3.63) is 58.9 Å². The Morgan fingerprint density at radius 1 is 0.950 bits per heavy atom. The summed E-state index contributed by atoms with van der Waals surface area (Å²) in [6.07, 6.45) is 8.76. The lowest BCUT2D eigenvalue weighted by Gasteiger charge is -2.30. The number of benzene rings is 1. The van der Waals surface area contributed by atoms with E-state index in [0.29, 0.717) is 6.04 Å². The minimum absolute atomic E-state index is 0.251. The van der Waals surface area contributed by atoms with Gasteiger partial charge in [0.05, 0.1) is 12.1 Å². The van der Waals surface area contributed by atoms with Gasteiger partial charge < -0.3 is 9.67 Å². The summed E-state index contributed by atoms with van der Waals surface area (Å²) < 4.78 is 2.44. The van der Waals surface area contributed by atoms with Crippen LogP contribution < -0.4 is 0 Å². The number of nitrogens with zero attached hydrogens (tertiary/aromatic N) is 1. The monoisotopic (exact) mass is 267 g/mol. The molecule has 0 bridgehead atoms. The highest BCUT2D eigenvalue weighted by atomic mass is 16.3. The number of aliphatic hydroxyl groups excluding tert-OH is 1. The fourth-order valence-electron chi connectivity index (χ4n) is 4.00. The van der Waals surface area contributed by atoms with Crippen LogP contribution >= 0.6 is 0 Å².